The maximum Gasteiger partial charge on any atom is 0.131 e. The standard InChI is InChI=1S/C11H10N2O2/c1-7-10(14)3-2-8(11(7)15)9-6-12-4-5-13-9/h2-6,14-15H,1H3. The molecule has 0 saturated heterocycles. The molecule has 15 heavy (non-hydrogen) atoms. The minimum Gasteiger partial charge on any atom is -0.508 e. The summed E-state index contributed by atoms with van der Waals surface area (Å²) >= 11 is 0. The topological polar surface area (TPSA) is 66.2 Å². The van der Waals surface area contributed by atoms with Crippen LogP contribution in [0.25, 0.3) is 11.3 Å². The van der Waals surface area contributed by atoms with E-state index in [-0.39, 0.29) is 11.5 Å². The second-order valence-corrected chi connectivity index (χ2v) is 3.20. The lowest BCUT2D eigenvalue weighted by atomic mass is 10.1. The van der Waals surface area contributed by atoms with Crippen molar-refractivity contribution in [3.05, 3.63) is 36.3 Å². The lowest BCUT2D eigenvalue weighted by Gasteiger charge is -2.07. The third-order valence-corrected chi connectivity index (χ3v) is 2.24. The van der Waals surface area contributed by atoms with Gasteiger partial charge >= 0.3 is 0 Å². The van der Waals surface area contributed by atoms with Crippen molar-refractivity contribution in [1.82, 2.24) is 9.97 Å². The van der Waals surface area contributed by atoms with E-state index in [0.717, 1.165) is 0 Å². The Hall–Kier alpha value is -2.10. The Morgan fingerprint density at radius 3 is 2.60 bits per heavy atom. The summed E-state index contributed by atoms with van der Waals surface area (Å²) in [5, 5.41) is 19.2. The first-order chi connectivity index (χ1) is 7.20. The highest BCUT2D eigenvalue weighted by Gasteiger charge is 2.10. The molecular weight excluding hydrogens is 192 g/mol. The lowest BCUT2D eigenvalue weighted by molar-refractivity contribution is 0.444. The predicted octanol–water partition coefficient (Wildman–Crippen LogP) is 1.86. The molecule has 0 spiro atoms. The summed E-state index contributed by atoms with van der Waals surface area (Å²) in [5.74, 6) is 0.107. The average molecular weight is 202 g/mol. The molecule has 1 aromatic carbocycles. The SMILES string of the molecule is Cc1c(O)ccc(-c2cnccn2)c1O. The number of hydrogen-bond donors (Lipinski definition) is 2. The Morgan fingerprint density at radius 2 is 1.93 bits per heavy atom. The molecule has 1 heterocycles. The van der Waals surface area contributed by atoms with Gasteiger partial charge in [0.15, 0.2) is 0 Å². The number of aromatic hydroxyl groups is 2. The molecule has 0 bridgehead atoms. The van der Waals surface area contributed by atoms with Crippen LogP contribution in [0.2, 0.25) is 0 Å². The van der Waals surface area contributed by atoms with Crippen LogP contribution in [-0.2, 0) is 0 Å². The van der Waals surface area contributed by atoms with Crippen LogP contribution >= 0.6 is 0 Å². The maximum atomic E-state index is 9.80. The van der Waals surface area contributed by atoms with Gasteiger partial charge in [0.25, 0.3) is 0 Å². The van der Waals surface area contributed by atoms with Gasteiger partial charge in [-0.25, -0.2) is 0 Å². The summed E-state index contributed by atoms with van der Waals surface area (Å²) in [6, 6.07) is 3.14. The van der Waals surface area contributed by atoms with E-state index in [1.165, 1.54) is 6.07 Å². The summed E-state index contributed by atoms with van der Waals surface area (Å²) in [4.78, 5) is 7.99. The molecular formula is C11H10N2O2. The van der Waals surface area contributed by atoms with Crippen molar-refractivity contribution in [3.8, 4) is 22.8 Å². The van der Waals surface area contributed by atoms with E-state index in [0.29, 0.717) is 16.8 Å². The van der Waals surface area contributed by atoms with E-state index < -0.39 is 0 Å². The predicted molar refractivity (Wildman–Crippen MR) is 55.5 cm³/mol. The number of hydrogen-bond acceptors (Lipinski definition) is 4. The van der Waals surface area contributed by atoms with Crippen LogP contribution in [0.15, 0.2) is 30.7 Å². The van der Waals surface area contributed by atoms with Crippen molar-refractivity contribution < 1.29 is 10.2 Å². The van der Waals surface area contributed by atoms with Crippen LogP contribution in [0.4, 0.5) is 0 Å². The number of nitrogens with zero attached hydrogens (tertiary/aromatic N) is 2. The molecule has 0 aliphatic rings. The normalized spacial score (nSPS) is 10.2. The van der Waals surface area contributed by atoms with Crippen LogP contribution in [0.1, 0.15) is 5.56 Å². The number of aromatic nitrogens is 2. The third-order valence-electron chi connectivity index (χ3n) is 2.24. The molecule has 76 valence electrons. The molecule has 0 atom stereocenters. The molecule has 2 rings (SSSR count). The van der Waals surface area contributed by atoms with Crippen molar-refractivity contribution >= 4 is 0 Å². The average Bonchev–Trinajstić information content (AvgIpc) is 2.27. The van der Waals surface area contributed by atoms with E-state index in [9.17, 15) is 10.2 Å². The minimum absolute atomic E-state index is 0.0375. The first-order valence-corrected chi connectivity index (χ1v) is 4.48. The highest BCUT2D eigenvalue weighted by molar-refractivity contribution is 5.69. The number of phenols is 2. The lowest BCUT2D eigenvalue weighted by Crippen LogP contribution is -1.87. The quantitative estimate of drug-likeness (QED) is 0.740. The van der Waals surface area contributed by atoms with Crippen molar-refractivity contribution in [1.29, 1.82) is 0 Å². The van der Waals surface area contributed by atoms with Gasteiger partial charge in [-0.3, -0.25) is 9.97 Å². The van der Waals surface area contributed by atoms with Gasteiger partial charge in [0.2, 0.25) is 0 Å². The second-order valence-electron chi connectivity index (χ2n) is 3.20. The van der Waals surface area contributed by atoms with Gasteiger partial charge in [0.1, 0.15) is 11.5 Å². The van der Waals surface area contributed by atoms with Crippen molar-refractivity contribution in [3.63, 3.8) is 0 Å². The van der Waals surface area contributed by atoms with Crippen molar-refractivity contribution in [2.75, 3.05) is 0 Å². The first kappa shape index (κ1) is 9.45. The molecule has 0 aliphatic carbocycles. The van der Waals surface area contributed by atoms with E-state index >= 15 is 0 Å². The fourth-order valence-corrected chi connectivity index (χ4v) is 1.33. The molecule has 0 aliphatic heterocycles. The largest absolute Gasteiger partial charge is 0.508 e. The Labute approximate surface area is 86.9 Å². The van der Waals surface area contributed by atoms with E-state index in [1.807, 2.05) is 0 Å². The van der Waals surface area contributed by atoms with Crippen molar-refractivity contribution in [2.24, 2.45) is 0 Å². The van der Waals surface area contributed by atoms with Gasteiger partial charge in [0, 0.05) is 23.5 Å². The fourth-order valence-electron chi connectivity index (χ4n) is 1.33. The molecule has 0 radical (unpaired) electrons. The smallest absolute Gasteiger partial charge is 0.131 e. The van der Waals surface area contributed by atoms with E-state index in [2.05, 4.69) is 9.97 Å². The molecule has 0 unspecified atom stereocenters. The molecule has 4 nitrogen and oxygen atoms in total. The van der Waals surface area contributed by atoms with Gasteiger partial charge in [-0.2, -0.15) is 0 Å². The molecule has 0 fully saturated rings. The monoisotopic (exact) mass is 202 g/mol. The van der Waals surface area contributed by atoms with Crippen LogP contribution in [0.5, 0.6) is 11.5 Å². The van der Waals surface area contributed by atoms with Crippen LogP contribution < -0.4 is 0 Å². The summed E-state index contributed by atoms with van der Waals surface area (Å²) in [6.07, 6.45) is 4.68. The number of benzene rings is 1. The van der Waals surface area contributed by atoms with Gasteiger partial charge in [-0.05, 0) is 19.1 Å². The van der Waals surface area contributed by atoms with Gasteiger partial charge in [-0.1, -0.05) is 0 Å². The van der Waals surface area contributed by atoms with Crippen LogP contribution in [0.3, 0.4) is 0 Å². The Bertz CT molecular complexity index is 483. The summed E-state index contributed by atoms with van der Waals surface area (Å²) < 4.78 is 0. The molecule has 2 N–H and O–H groups in total. The van der Waals surface area contributed by atoms with E-state index in [1.54, 1.807) is 31.6 Å². The number of rotatable bonds is 1. The summed E-state index contributed by atoms with van der Waals surface area (Å²) in [7, 11) is 0. The van der Waals surface area contributed by atoms with Crippen molar-refractivity contribution in [2.45, 2.75) is 6.92 Å². The molecule has 4 heteroatoms. The number of phenolic OH excluding ortho intramolecular Hbond substituents is 2. The highest BCUT2D eigenvalue weighted by Crippen LogP contribution is 2.34. The second kappa shape index (κ2) is 3.57. The Balaban J connectivity index is 2.60. The molecule has 0 amide bonds. The zero-order valence-electron chi connectivity index (χ0n) is 8.18. The molecule has 1 aromatic heterocycles. The zero-order valence-corrected chi connectivity index (χ0v) is 8.18. The van der Waals surface area contributed by atoms with Gasteiger partial charge in [-0.15, -0.1) is 0 Å². The Morgan fingerprint density at radius 1 is 1.13 bits per heavy atom. The maximum absolute atomic E-state index is 9.80. The molecule has 0 saturated carbocycles. The highest BCUT2D eigenvalue weighted by atomic mass is 16.3. The third kappa shape index (κ3) is 1.61. The van der Waals surface area contributed by atoms with Crippen LogP contribution in [0, 0.1) is 6.92 Å². The van der Waals surface area contributed by atoms with E-state index in [4.69, 9.17) is 0 Å². The zero-order chi connectivity index (χ0) is 10.8. The summed E-state index contributed by atoms with van der Waals surface area (Å²) in [6.45, 7) is 1.64. The van der Waals surface area contributed by atoms with Gasteiger partial charge < -0.3 is 10.2 Å². The fraction of sp³-hybridized carbons (Fsp3) is 0.0909. The Kier molecular flexibility index (Phi) is 2.25. The van der Waals surface area contributed by atoms with Crippen LogP contribution in [-0.4, -0.2) is 20.2 Å². The summed E-state index contributed by atoms with van der Waals surface area (Å²) in [5.41, 5.74) is 1.59. The minimum atomic E-state index is 0.0375. The van der Waals surface area contributed by atoms with Gasteiger partial charge in [0.05, 0.1) is 11.9 Å². The molecule has 2 aromatic rings. The first-order valence-electron chi connectivity index (χ1n) is 4.48.